The number of hydrogen-bond acceptors (Lipinski definition) is 2. The van der Waals surface area contributed by atoms with Gasteiger partial charge in [0.05, 0.1) is 6.42 Å². The SMILES string of the molecule is Cc1ccc(CN(C(=O)Cc2ccc(Cl)cc2)[C@@H](C)C(=O)NCC(C)C)cc1. The predicted octanol–water partition coefficient (Wildman–Crippen LogP) is 4.38. The van der Waals surface area contributed by atoms with Crippen LogP contribution >= 0.6 is 11.6 Å². The minimum atomic E-state index is -0.556. The van der Waals surface area contributed by atoms with E-state index in [0.717, 1.165) is 16.7 Å². The van der Waals surface area contributed by atoms with Crippen LogP contribution in [0.4, 0.5) is 0 Å². The highest BCUT2D eigenvalue weighted by molar-refractivity contribution is 6.30. The van der Waals surface area contributed by atoms with Gasteiger partial charge < -0.3 is 10.2 Å². The van der Waals surface area contributed by atoms with Crippen molar-refractivity contribution in [1.29, 1.82) is 0 Å². The first-order valence-corrected chi connectivity index (χ1v) is 10.0. The van der Waals surface area contributed by atoms with E-state index in [0.29, 0.717) is 24.0 Å². The van der Waals surface area contributed by atoms with Gasteiger partial charge in [0.25, 0.3) is 0 Å². The van der Waals surface area contributed by atoms with E-state index in [1.54, 1.807) is 24.0 Å². The topological polar surface area (TPSA) is 49.4 Å². The Morgan fingerprint density at radius 3 is 2.11 bits per heavy atom. The molecular weight excluding hydrogens is 372 g/mol. The molecule has 0 aliphatic carbocycles. The Hall–Kier alpha value is -2.33. The summed E-state index contributed by atoms with van der Waals surface area (Å²) in [7, 11) is 0. The van der Waals surface area contributed by atoms with Gasteiger partial charge in [0.2, 0.25) is 11.8 Å². The molecule has 1 N–H and O–H groups in total. The van der Waals surface area contributed by atoms with Crippen molar-refractivity contribution in [3.8, 4) is 0 Å². The van der Waals surface area contributed by atoms with E-state index >= 15 is 0 Å². The Morgan fingerprint density at radius 1 is 0.964 bits per heavy atom. The van der Waals surface area contributed by atoms with E-state index in [9.17, 15) is 9.59 Å². The molecule has 0 unspecified atom stereocenters. The van der Waals surface area contributed by atoms with E-state index < -0.39 is 6.04 Å². The van der Waals surface area contributed by atoms with E-state index in [4.69, 9.17) is 11.6 Å². The van der Waals surface area contributed by atoms with Crippen LogP contribution in [0.1, 0.15) is 37.5 Å². The quantitative estimate of drug-likeness (QED) is 0.714. The molecule has 2 aromatic carbocycles. The first-order chi connectivity index (χ1) is 13.3. The van der Waals surface area contributed by atoms with Crippen molar-refractivity contribution in [1.82, 2.24) is 10.2 Å². The highest BCUT2D eigenvalue weighted by atomic mass is 35.5. The maximum Gasteiger partial charge on any atom is 0.242 e. The van der Waals surface area contributed by atoms with Gasteiger partial charge >= 0.3 is 0 Å². The maximum absolute atomic E-state index is 13.1. The highest BCUT2D eigenvalue weighted by Crippen LogP contribution is 2.15. The first kappa shape index (κ1) is 22.0. The zero-order valence-corrected chi connectivity index (χ0v) is 17.8. The number of carbonyl (C=O) groups is 2. The van der Waals surface area contributed by atoms with Crippen molar-refractivity contribution >= 4 is 23.4 Å². The summed E-state index contributed by atoms with van der Waals surface area (Å²) in [5.74, 6) is 0.131. The van der Waals surface area contributed by atoms with Crippen LogP contribution in [0, 0.1) is 12.8 Å². The van der Waals surface area contributed by atoms with Crippen LogP contribution in [0.3, 0.4) is 0 Å². The van der Waals surface area contributed by atoms with Crippen LogP contribution < -0.4 is 5.32 Å². The van der Waals surface area contributed by atoms with Gasteiger partial charge in [-0.25, -0.2) is 0 Å². The number of hydrogen-bond donors (Lipinski definition) is 1. The normalized spacial score (nSPS) is 11.9. The molecule has 0 radical (unpaired) electrons. The minimum Gasteiger partial charge on any atom is -0.354 e. The van der Waals surface area contributed by atoms with E-state index in [-0.39, 0.29) is 18.2 Å². The van der Waals surface area contributed by atoms with Gasteiger partial charge in [0.1, 0.15) is 6.04 Å². The number of aryl methyl sites for hydroxylation is 1. The van der Waals surface area contributed by atoms with E-state index in [1.165, 1.54) is 0 Å². The zero-order valence-electron chi connectivity index (χ0n) is 17.0. The van der Waals surface area contributed by atoms with Gasteiger partial charge in [-0.05, 0) is 43.0 Å². The van der Waals surface area contributed by atoms with Crippen LogP contribution in [0.5, 0.6) is 0 Å². The van der Waals surface area contributed by atoms with Crippen molar-refractivity contribution in [3.05, 3.63) is 70.2 Å². The van der Waals surface area contributed by atoms with Crippen LogP contribution in [-0.2, 0) is 22.6 Å². The third-order valence-electron chi connectivity index (χ3n) is 4.59. The number of nitrogens with one attached hydrogen (secondary N) is 1. The van der Waals surface area contributed by atoms with Crippen molar-refractivity contribution in [3.63, 3.8) is 0 Å². The van der Waals surface area contributed by atoms with Crippen molar-refractivity contribution < 1.29 is 9.59 Å². The summed E-state index contributed by atoms with van der Waals surface area (Å²) in [5.41, 5.74) is 3.03. The summed E-state index contributed by atoms with van der Waals surface area (Å²) in [5, 5.41) is 3.57. The fourth-order valence-electron chi connectivity index (χ4n) is 2.80. The van der Waals surface area contributed by atoms with Gasteiger partial charge in [0.15, 0.2) is 0 Å². The molecule has 0 bridgehead atoms. The van der Waals surface area contributed by atoms with Gasteiger partial charge in [-0.1, -0.05) is 67.4 Å². The molecule has 5 heteroatoms. The summed E-state index contributed by atoms with van der Waals surface area (Å²) in [6.07, 6.45) is 0.227. The molecule has 0 aromatic heterocycles. The van der Waals surface area contributed by atoms with Gasteiger partial charge in [-0.2, -0.15) is 0 Å². The lowest BCUT2D eigenvalue weighted by molar-refractivity contribution is -0.140. The smallest absolute Gasteiger partial charge is 0.242 e. The summed E-state index contributed by atoms with van der Waals surface area (Å²) in [6, 6.07) is 14.7. The molecule has 2 rings (SSSR count). The Bertz CT molecular complexity index is 785. The highest BCUT2D eigenvalue weighted by Gasteiger charge is 2.26. The number of benzene rings is 2. The first-order valence-electron chi connectivity index (χ1n) is 9.63. The molecule has 2 amide bonds. The Labute approximate surface area is 172 Å². The van der Waals surface area contributed by atoms with Crippen LogP contribution in [-0.4, -0.2) is 29.3 Å². The van der Waals surface area contributed by atoms with Crippen LogP contribution in [0.2, 0.25) is 5.02 Å². The Morgan fingerprint density at radius 2 is 1.54 bits per heavy atom. The second-order valence-electron chi connectivity index (χ2n) is 7.63. The Kier molecular flexibility index (Phi) is 8.06. The average Bonchev–Trinajstić information content (AvgIpc) is 2.66. The molecular formula is C23H29ClN2O2. The second-order valence-corrected chi connectivity index (χ2v) is 8.06. The lowest BCUT2D eigenvalue weighted by atomic mass is 10.1. The molecule has 0 spiro atoms. The lowest BCUT2D eigenvalue weighted by Crippen LogP contribution is -2.48. The summed E-state index contributed by atoms with van der Waals surface area (Å²) in [6.45, 7) is 8.87. The molecule has 2 aromatic rings. The van der Waals surface area contributed by atoms with Crippen molar-refractivity contribution in [2.24, 2.45) is 5.92 Å². The largest absolute Gasteiger partial charge is 0.354 e. The molecule has 0 fully saturated rings. The van der Waals surface area contributed by atoms with Crippen molar-refractivity contribution in [2.45, 2.75) is 46.7 Å². The van der Waals surface area contributed by atoms with Crippen LogP contribution in [0.25, 0.3) is 0 Å². The van der Waals surface area contributed by atoms with Gasteiger partial charge in [0, 0.05) is 18.1 Å². The Balaban J connectivity index is 2.18. The van der Waals surface area contributed by atoms with Gasteiger partial charge in [-0.15, -0.1) is 0 Å². The molecule has 0 aliphatic heterocycles. The maximum atomic E-state index is 13.1. The third-order valence-corrected chi connectivity index (χ3v) is 4.85. The summed E-state index contributed by atoms with van der Waals surface area (Å²) in [4.78, 5) is 27.3. The number of halogens is 1. The minimum absolute atomic E-state index is 0.0879. The van der Waals surface area contributed by atoms with Crippen molar-refractivity contribution in [2.75, 3.05) is 6.54 Å². The lowest BCUT2D eigenvalue weighted by Gasteiger charge is -2.29. The molecule has 0 aliphatic rings. The summed E-state index contributed by atoms with van der Waals surface area (Å²) >= 11 is 5.93. The molecule has 4 nitrogen and oxygen atoms in total. The molecule has 28 heavy (non-hydrogen) atoms. The van der Waals surface area contributed by atoms with Crippen LogP contribution in [0.15, 0.2) is 48.5 Å². The number of carbonyl (C=O) groups excluding carboxylic acids is 2. The fraction of sp³-hybridized carbons (Fsp3) is 0.391. The molecule has 0 saturated carbocycles. The number of rotatable bonds is 8. The molecule has 0 heterocycles. The molecule has 1 atom stereocenters. The summed E-state index contributed by atoms with van der Waals surface area (Å²) < 4.78 is 0. The second kappa shape index (κ2) is 10.3. The van der Waals surface area contributed by atoms with E-state index in [1.807, 2.05) is 57.2 Å². The van der Waals surface area contributed by atoms with Gasteiger partial charge in [-0.3, -0.25) is 9.59 Å². The van der Waals surface area contributed by atoms with E-state index in [2.05, 4.69) is 5.32 Å². The third kappa shape index (κ3) is 6.68. The number of nitrogens with zero attached hydrogens (tertiary/aromatic N) is 1. The standard InChI is InChI=1S/C23H29ClN2O2/c1-16(2)14-25-23(28)18(4)26(15-20-7-5-17(3)6-8-20)22(27)13-19-9-11-21(24)12-10-19/h5-12,16,18H,13-15H2,1-4H3,(H,25,28)/t18-/m0/s1. The molecule has 150 valence electrons. The predicted molar refractivity (Wildman–Crippen MR) is 114 cm³/mol. The zero-order chi connectivity index (χ0) is 20.7. The monoisotopic (exact) mass is 400 g/mol. The average molecular weight is 401 g/mol. The fourth-order valence-corrected chi connectivity index (χ4v) is 2.93. The molecule has 0 saturated heterocycles. The number of amides is 2.